The van der Waals surface area contributed by atoms with Crippen LogP contribution >= 0.6 is 22.9 Å². The Morgan fingerprint density at radius 2 is 2.13 bits per heavy atom. The van der Waals surface area contributed by atoms with Crippen LogP contribution in [0.5, 0.6) is 0 Å². The second-order valence-corrected chi connectivity index (χ2v) is 4.89. The van der Waals surface area contributed by atoms with Gasteiger partial charge >= 0.3 is 0 Å². The quantitative estimate of drug-likeness (QED) is 0.762. The van der Waals surface area contributed by atoms with E-state index in [1.807, 2.05) is 0 Å². The smallest absolute Gasteiger partial charge is 0.141 e. The van der Waals surface area contributed by atoms with Gasteiger partial charge in [-0.2, -0.15) is 0 Å². The lowest BCUT2D eigenvalue weighted by molar-refractivity contribution is 0.916. The fourth-order valence-electron chi connectivity index (χ4n) is 1.80. The van der Waals surface area contributed by atoms with E-state index in [9.17, 15) is 0 Å². The van der Waals surface area contributed by atoms with Crippen molar-refractivity contribution in [1.82, 2.24) is 9.97 Å². The van der Waals surface area contributed by atoms with Gasteiger partial charge in [0.05, 0.1) is 5.39 Å². The Morgan fingerprint density at radius 3 is 2.80 bits per heavy atom. The van der Waals surface area contributed by atoms with Crippen LogP contribution in [0.15, 0.2) is 6.33 Å². The first-order chi connectivity index (χ1) is 7.27. The third kappa shape index (κ3) is 1.86. The van der Waals surface area contributed by atoms with Gasteiger partial charge in [-0.15, -0.1) is 11.3 Å². The second-order valence-electron chi connectivity index (χ2n) is 3.45. The molecule has 0 unspecified atom stereocenters. The van der Waals surface area contributed by atoms with Crippen molar-refractivity contribution >= 4 is 33.2 Å². The maximum Gasteiger partial charge on any atom is 0.141 e. The third-order valence-electron chi connectivity index (χ3n) is 2.45. The summed E-state index contributed by atoms with van der Waals surface area (Å²) in [6.45, 7) is 4.35. The summed E-state index contributed by atoms with van der Waals surface area (Å²) in [4.78, 5) is 10.8. The van der Waals surface area contributed by atoms with Gasteiger partial charge in [-0.3, -0.25) is 0 Å². The molecule has 2 rings (SSSR count). The first kappa shape index (κ1) is 10.8. The van der Waals surface area contributed by atoms with Crippen molar-refractivity contribution in [2.45, 2.75) is 33.1 Å². The van der Waals surface area contributed by atoms with Crippen molar-refractivity contribution in [3.05, 3.63) is 21.9 Å². The minimum atomic E-state index is 0.597. The summed E-state index contributed by atoms with van der Waals surface area (Å²) in [7, 11) is 0. The Kier molecular flexibility index (Phi) is 3.22. The van der Waals surface area contributed by atoms with Gasteiger partial charge in [0.2, 0.25) is 0 Å². The minimum Gasteiger partial charge on any atom is -0.225 e. The maximum absolute atomic E-state index is 6.12. The fourth-order valence-corrected chi connectivity index (χ4v) is 3.23. The predicted molar refractivity (Wildman–Crippen MR) is 65.8 cm³/mol. The van der Waals surface area contributed by atoms with Gasteiger partial charge in [-0.1, -0.05) is 31.9 Å². The van der Waals surface area contributed by atoms with Crippen LogP contribution in [0.3, 0.4) is 0 Å². The van der Waals surface area contributed by atoms with Crippen LogP contribution in [0.25, 0.3) is 10.2 Å². The second kappa shape index (κ2) is 4.45. The Morgan fingerprint density at radius 1 is 1.33 bits per heavy atom. The molecule has 0 N–H and O–H groups in total. The molecule has 0 spiro atoms. The topological polar surface area (TPSA) is 25.8 Å². The number of aromatic nitrogens is 2. The molecule has 2 aromatic heterocycles. The van der Waals surface area contributed by atoms with Gasteiger partial charge in [0.1, 0.15) is 16.3 Å². The Labute approximate surface area is 98.3 Å². The lowest BCUT2D eigenvalue weighted by Gasteiger charge is -2.00. The van der Waals surface area contributed by atoms with Crippen molar-refractivity contribution in [1.29, 1.82) is 0 Å². The van der Waals surface area contributed by atoms with Gasteiger partial charge in [0.15, 0.2) is 0 Å². The molecule has 0 aliphatic carbocycles. The van der Waals surface area contributed by atoms with E-state index in [-0.39, 0.29) is 0 Å². The highest BCUT2D eigenvalue weighted by Gasteiger charge is 2.14. The van der Waals surface area contributed by atoms with Crippen LogP contribution in [-0.2, 0) is 12.8 Å². The zero-order valence-electron chi connectivity index (χ0n) is 8.88. The zero-order chi connectivity index (χ0) is 10.8. The van der Waals surface area contributed by atoms with Crippen molar-refractivity contribution < 1.29 is 0 Å². The highest BCUT2D eigenvalue weighted by Crippen LogP contribution is 2.34. The first-order valence-corrected chi connectivity index (χ1v) is 6.38. The summed E-state index contributed by atoms with van der Waals surface area (Å²) in [5, 5.41) is 1.67. The molecule has 0 fully saturated rings. The summed E-state index contributed by atoms with van der Waals surface area (Å²) in [6, 6.07) is 0. The van der Waals surface area contributed by atoms with Crippen LogP contribution in [0, 0.1) is 0 Å². The molecule has 0 saturated heterocycles. The van der Waals surface area contributed by atoms with E-state index in [0.29, 0.717) is 5.15 Å². The molecule has 0 amide bonds. The number of aryl methyl sites for hydroxylation is 2. The Bertz CT molecular complexity index is 479. The molecule has 2 nitrogen and oxygen atoms in total. The monoisotopic (exact) mass is 240 g/mol. The molecule has 4 heteroatoms. The largest absolute Gasteiger partial charge is 0.225 e. The number of nitrogens with zero attached hydrogens (tertiary/aromatic N) is 2. The molecule has 2 heterocycles. The predicted octanol–water partition coefficient (Wildman–Crippen LogP) is 3.86. The minimum absolute atomic E-state index is 0.597. The van der Waals surface area contributed by atoms with Crippen molar-refractivity contribution in [3.8, 4) is 0 Å². The van der Waals surface area contributed by atoms with E-state index < -0.39 is 0 Å². The first-order valence-electron chi connectivity index (χ1n) is 5.18. The molecular formula is C11H13ClN2S. The maximum atomic E-state index is 6.12. The van der Waals surface area contributed by atoms with E-state index in [2.05, 4.69) is 23.8 Å². The molecule has 80 valence electrons. The van der Waals surface area contributed by atoms with Crippen LogP contribution in [0.1, 0.15) is 30.7 Å². The lowest BCUT2D eigenvalue weighted by Crippen LogP contribution is -1.88. The molecule has 0 aliphatic rings. The zero-order valence-corrected chi connectivity index (χ0v) is 10.5. The van der Waals surface area contributed by atoms with Gasteiger partial charge < -0.3 is 0 Å². The van der Waals surface area contributed by atoms with Crippen LogP contribution < -0.4 is 0 Å². The van der Waals surface area contributed by atoms with Crippen LogP contribution in [-0.4, -0.2) is 9.97 Å². The summed E-state index contributed by atoms with van der Waals surface area (Å²) in [6.07, 6.45) is 4.78. The highest BCUT2D eigenvalue weighted by atomic mass is 35.5. The summed E-state index contributed by atoms with van der Waals surface area (Å²) >= 11 is 7.87. The van der Waals surface area contributed by atoms with Crippen LogP contribution in [0.4, 0.5) is 0 Å². The van der Waals surface area contributed by atoms with E-state index in [4.69, 9.17) is 11.6 Å². The highest BCUT2D eigenvalue weighted by molar-refractivity contribution is 7.18. The number of thiophene rings is 1. The van der Waals surface area contributed by atoms with Crippen molar-refractivity contribution in [3.63, 3.8) is 0 Å². The summed E-state index contributed by atoms with van der Waals surface area (Å²) < 4.78 is 0. The van der Waals surface area contributed by atoms with E-state index in [1.54, 1.807) is 11.3 Å². The van der Waals surface area contributed by atoms with E-state index >= 15 is 0 Å². The molecule has 0 atom stereocenters. The Balaban J connectivity index is 2.70. The number of halogens is 1. The lowest BCUT2D eigenvalue weighted by atomic mass is 10.1. The Hall–Kier alpha value is -0.670. The molecule has 15 heavy (non-hydrogen) atoms. The molecule has 0 aliphatic heterocycles. The van der Waals surface area contributed by atoms with Crippen molar-refractivity contribution in [2.24, 2.45) is 0 Å². The molecule has 0 bridgehead atoms. The molecule has 0 radical (unpaired) electrons. The molecular weight excluding hydrogens is 228 g/mol. The van der Waals surface area contributed by atoms with E-state index in [1.165, 1.54) is 16.8 Å². The molecule has 2 aromatic rings. The van der Waals surface area contributed by atoms with Gasteiger partial charge in [-0.05, 0) is 18.4 Å². The summed E-state index contributed by atoms with van der Waals surface area (Å²) in [5.41, 5.74) is 1.35. The normalized spacial score (nSPS) is 11.1. The fraction of sp³-hybridized carbons (Fsp3) is 0.455. The van der Waals surface area contributed by atoms with Crippen molar-refractivity contribution in [2.75, 3.05) is 0 Å². The standard InChI is InChI=1S/C11H13ClN2S/c1-3-5-7-8(4-2)15-11-9(7)10(12)13-6-14-11/h6H,3-5H2,1-2H3. The van der Waals surface area contributed by atoms with Crippen LogP contribution in [0.2, 0.25) is 5.15 Å². The number of rotatable bonds is 3. The number of hydrogen-bond acceptors (Lipinski definition) is 3. The van der Waals surface area contributed by atoms with Gasteiger partial charge in [-0.25, -0.2) is 9.97 Å². The van der Waals surface area contributed by atoms with Gasteiger partial charge in [0.25, 0.3) is 0 Å². The molecule has 0 saturated carbocycles. The number of fused-ring (bicyclic) bond motifs is 1. The number of hydrogen-bond donors (Lipinski definition) is 0. The van der Waals surface area contributed by atoms with E-state index in [0.717, 1.165) is 29.5 Å². The third-order valence-corrected chi connectivity index (χ3v) is 4.02. The van der Waals surface area contributed by atoms with Gasteiger partial charge in [0, 0.05) is 4.88 Å². The SMILES string of the molecule is CCCc1c(CC)sc2ncnc(Cl)c12. The average Bonchev–Trinajstić information content (AvgIpc) is 2.58. The summed E-state index contributed by atoms with van der Waals surface area (Å²) in [5.74, 6) is 0. The molecule has 0 aromatic carbocycles. The average molecular weight is 241 g/mol.